The number of piperidine rings is 1. The minimum atomic E-state index is 0.307. The van der Waals surface area contributed by atoms with Crippen LogP contribution in [0.15, 0.2) is 35.1 Å². The number of rotatable bonds is 3. The number of nitrogens with zero attached hydrogens (tertiary/aromatic N) is 3. The van der Waals surface area contributed by atoms with Crippen molar-refractivity contribution < 1.29 is 4.52 Å². The second-order valence-corrected chi connectivity index (χ2v) is 5.06. The number of nitrogens with one attached hydrogen (secondary N) is 1. The fourth-order valence-corrected chi connectivity index (χ4v) is 2.51. The van der Waals surface area contributed by atoms with Crippen LogP contribution in [0.2, 0.25) is 0 Å². The Morgan fingerprint density at radius 2 is 2.47 bits per heavy atom. The van der Waals surface area contributed by atoms with E-state index in [0.717, 1.165) is 43.2 Å². The summed E-state index contributed by atoms with van der Waals surface area (Å²) in [6.07, 6.45) is 4.09. The van der Waals surface area contributed by atoms with Crippen LogP contribution in [-0.4, -0.2) is 33.1 Å². The summed E-state index contributed by atoms with van der Waals surface area (Å²) in [6.45, 7) is 8.04. The third kappa shape index (κ3) is 2.41. The standard InChI is InChI=1S/C14H18N4O/c1-10(2)18-8-4-5-11(9-18)14-16-13(17-19-14)12-6-3-7-15-12/h3,6-7,11,15H,1,4-5,8-9H2,2H3. The molecule has 0 amide bonds. The zero-order chi connectivity index (χ0) is 13.2. The van der Waals surface area contributed by atoms with Gasteiger partial charge in [-0.2, -0.15) is 4.98 Å². The summed E-state index contributed by atoms with van der Waals surface area (Å²) >= 11 is 0. The SMILES string of the molecule is C=C(C)N1CCCC(c2nc(-c3ccc[nH]3)no2)C1. The highest BCUT2D eigenvalue weighted by atomic mass is 16.5. The first kappa shape index (κ1) is 12.0. The van der Waals surface area contributed by atoms with Crippen molar-refractivity contribution in [3.8, 4) is 11.5 Å². The van der Waals surface area contributed by atoms with E-state index >= 15 is 0 Å². The van der Waals surface area contributed by atoms with Crippen molar-refractivity contribution in [3.63, 3.8) is 0 Å². The maximum Gasteiger partial charge on any atom is 0.231 e. The fraction of sp³-hybridized carbons (Fsp3) is 0.429. The van der Waals surface area contributed by atoms with Gasteiger partial charge in [-0.05, 0) is 31.9 Å². The average molecular weight is 258 g/mol. The molecular formula is C14H18N4O. The van der Waals surface area contributed by atoms with Crippen LogP contribution < -0.4 is 0 Å². The van der Waals surface area contributed by atoms with Crippen LogP contribution in [0.3, 0.4) is 0 Å². The molecule has 2 aromatic heterocycles. The number of hydrogen-bond acceptors (Lipinski definition) is 4. The highest BCUT2D eigenvalue weighted by Gasteiger charge is 2.26. The smallest absolute Gasteiger partial charge is 0.231 e. The van der Waals surface area contributed by atoms with Crippen LogP contribution in [0.5, 0.6) is 0 Å². The monoisotopic (exact) mass is 258 g/mol. The quantitative estimate of drug-likeness (QED) is 0.919. The van der Waals surface area contributed by atoms with Crippen LogP contribution in [0.4, 0.5) is 0 Å². The molecule has 1 N–H and O–H groups in total. The lowest BCUT2D eigenvalue weighted by Crippen LogP contribution is -2.32. The zero-order valence-corrected chi connectivity index (χ0v) is 11.1. The summed E-state index contributed by atoms with van der Waals surface area (Å²) in [5.74, 6) is 1.67. The maximum atomic E-state index is 5.42. The molecule has 0 spiro atoms. The van der Waals surface area contributed by atoms with Gasteiger partial charge in [0.25, 0.3) is 0 Å². The first-order valence-electron chi connectivity index (χ1n) is 6.62. The van der Waals surface area contributed by atoms with E-state index < -0.39 is 0 Å². The summed E-state index contributed by atoms with van der Waals surface area (Å²) in [5.41, 5.74) is 2.00. The number of likely N-dealkylation sites (tertiary alicyclic amines) is 1. The lowest BCUT2D eigenvalue weighted by Gasteiger charge is -2.32. The lowest BCUT2D eigenvalue weighted by molar-refractivity contribution is 0.227. The van der Waals surface area contributed by atoms with Crippen molar-refractivity contribution in [2.45, 2.75) is 25.7 Å². The lowest BCUT2D eigenvalue weighted by atomic mass is 9.98. The van der Waals surface area contributed by atoms with E-state index in [1.807, 2.05) is 25.3 Å². The van der Waals surface area contributed by atoms with Gasteiger partial charge in [0.1, 0.15) is 0 Å². The van der Waals surface area contributed by atoms with E-state index in [1.165, 1.54) is 0 Å². The molecule has 3 rings (SSSR count). The Morgan fingerprint density at radius 3 is 3.21 bits per heavy atom. The topological polar surface area (TPSA) is 58.0 Å². The van der Waals surface area contributed by atoms with Gasteiger partial charge in [-0.25, -0.2) is 0 Å². The van der Waals surface area contributed by atoms with Gasteiger partial charge in [-0.3, -0.25) is 0 Å². The van der Waals surface area contributed by atoms with Crippen molar-refractivity contribution in [2.75, 3.05) is 13.1 Å². The molecule has 1 aliphatic rings. The third-order valence-corrected chi connectivity index (χ3v) is 3.59. The van der Waals surface area contributed by atoms with E-state index in [9.17, 15) is 0 Å². The molecule has 5 nitrogen and oxygen atoms in total. The fourth-order valence-electron chi connectivity index (χ4n) is 2.51. The van der Waals surface area contributed by atoms with E-state index in [-0.39, 0.29) is 0 Å². The first-order valence-corrected chi connectivity index (χ1v) is 6.62. The molecule has 0 bridgehead atoms. The summed E-state index contributed by atoms with van der Waals surface area (Å²) in [6, 6.07) is 3.87. The van der Waals surface area contributed by atoms with Crippen LogP contribution in [-0.2, 0) is 0 Å². The molecule has 100 valence electrons. The number of allylic oxidation sites excluding steroid dienone is 1. The van der Waals surface area contributed by atoms with E-state index in [0.29, 0.717) is 11.7 Å². The van der Waals surface area contributed by atoms with Gasteiger partial charge in [-0.15, -0.1) is 0 Å². The van der Waals surface area contributed by atoms with Gasteiger partial charge in [0.2, 0.25) is 11.7 Å². The van der Waals surface area contributed by atoms with Crippen molar-refractivity contribution in [1.29, 1.82) is 0 Å². The Kier molecular flexibility index (Phi) is 3.11. The van der Waals surface area contributed by atoms with E-state index in [1.54, 1.807) is 0 Å². The van der Waals surface area contributed by atoms with Crippen LogP contribution in [0, 0.1) is 0 Å². The van der Waals surface area contributed by atoms with Crippen LogP contribution in [0.25, 0.3) is 11.5 Å². The van der Waals surface area contributed by atoms with Crippen molar-refractivity contribution in [1.82, 2.24) is 20.0 Å². The number of hydrogen-bond donors (Lipinski definition) is 1. The predicted molar refractivity (Wildman–Crippen MR) is 72.4 cm³/mol. The number of aromatic amines is 1. The molecule has 1 aliphatic heterocycles. The summed E-state index contributed by atoms with van der Waals surface area (Å²) < 4.78 is 5.42. The molecule has 1 atom stereocenters. The Labute approximate surface area is 112 Å². The molecule has 1 unspecified atom stereocenters. The molecule has 3 heterocycles. The van der Waals surface area contributed by atoms with E-state index in [2.05, 4.69) is 26.6 Å². The summed E-state index contributed by atoms with van der Waals surface area (Å²) in [4.78, 5) is 9.88. The molecule has 0 radical (unpaired) electrons. The number of aromatic nitrogens is 3. The highest BCUT2D eigenvalue weighted by Crippen LogP contribution is 2.28. The minimum Gasteiger partial charge on any atom is -0.375 e. The Balaban J connectivity index is 1.77. The van der Waals surface area contributed by atoms with Crippen molar-refractivity contribution >= 4 is 0 Å². The van der Waals surface area contributed by atoms with Gasteiger partial charge in [-0.1, -0.05) is 11.7 Å². The second kappa shape index (κ2) is 4.91. The van der Waals surface area contributed by atoms with Gasteiger partial charge in [0.15, 0.2) is 0 Å². The van der Waals surface area contributed by atoms with Gasteiger partial charge in [0.05, 0.1) is 11.6 Å². The molecule has 5 heteroatoms. The second-order valence-electron chi connectivity index (χ2n) is 5.06. The third-order valence-electron chi connectivity index (χ3n) is 3.59. The first-order chi connectivity index (χ1) is 9.24. The van der Waals surface area contributed by atoms with Gasteiger partial charge < -0.3 is 14.4 Å². The van der Waals surface area contributed by atoms with Crippen LogP contribution >= 0.6 is 0 Å². The Hall–Kier alpha value is -2.04. The predicted octanol–water partition coefficient (Wildman–Crippen LogP) is 2.78. The Bertz CT molecular complexity index is 558. The highest BCUT2D eigenvalue weighted by molar-refractivity contribution is 5.47. The minimum absolute atomic E-state index is 0.307. The van der Waals surface area contributed by atoms with Gasteiger partial charge in [0, 0.05) is 25.0 Å². The molecular weight excluding hydrogens is 240 g/mol. The maximum absolute atomic E-state index is 5.42. The molecule has 19 heavy (non-hydrogen) atoms. The average Bonchev–Trinajstić information content (AvgIpc) is 3.09. The van der Waals surface area contributed by atoms with Crippen molar-refractivity contribution in [2.24, 2.45) is 0 Å². The van der Waals surface area contributed by atoms with Gasteiger partial charge >= 0.3 is 0 Å². The van der Waals surface area contributed by atoms with Crippen molar-refractivity contribution in [3.05, 3.63) is 36.5 Å². The molecule has 0 saturated carbocycles. The number of H-pyrrole nitrogens is 1. The van der Waals surface area contributed by atoms with E-state index in [4.69, 9.17) is 4.52 Å². The zero-order valence-electron chi connectivity index (χ0n) is 11.1. The normalized spacial score (nSPS) is 19.6. The molecule has 1 saturated heterocycles. The Morgan fingerprint density at radius 1 is 1.58 bits per heavy atom. The largest absolute Gasteiger partial charge is 0.375 e. The summed E-state index contributed by atoms with van der Waals surface area (Å²) in [7, 11) is 0. The molecule has 1 fully saturated rings. The summed E-state index contributed by atoms with van der Waals surface area (Å²) in [5, 5.41) is 4.05. The molecule has 0 aliphatic carbocycles. The molecule has 2 aromatic rings. The molecule has 0 aromatic carbocycles. The van der Waals surface area contributed by atoms with Crippen LogP contribution in [0.1, 0.15) is 31.6 Å².